The van der Waals surface area contributed by atoms with Crippen molar-refractivity contribution in [3.05, 3.63) is 61.4 Å². The summed E-state index contributed by atoms with van der Waals surface area (Å²) in [7, 11) is 0. The molecule has 1 aliphatic heterocycles. The average molecular weight is 361 g/mol. The van der Waals surface area contributed by atoms with Gasteiger partial charge in [0.15, 0.2) is 12.6 Å². The van der Waals surface area contributed by atoms with Gasteiger partial charge in [0.25, 0.3) is 5.69 Å². The fourth-order valence-electron chi connectivity index (χ4n) is 2.66. The maximum Gasteiger partial charge on any atom is 0.442 e. The molecule has 0 fully saturated rings. The van der Waals surface area contributed by atoms with Gasteiger partial charge in [0.05, 0.1) is 23.0 Å². The standard InChI is InChI=1S/C15H11N3O6S/c19-15-17(14(16-24-15)12-2-1-3-25-12)6-9-4-11(18(20)21)5-10-7-22-8-23-13(9)10/h1-5H,6-8H2. The van der Waals surface area contributed by atoms with Gasteiger partial charge >= 0.3 is 5.76 Å². The number of rotatable bonds is 4. The van der Waals surface area contributed by atoms with E-state index in [1.54, 1.807) is 0 Å². The third-order valence-corrected chi connectivity index (χ3v) is 4.60. The maximum absolute atomic E-state index is 12.1. The molecule has 0 atom stereocenters. The Morgan fingerprint density at radius 1 is 1.40 bits per heavy atom. The van der Waals surface area contributed by atoms with E-state index >= 15 is 0 Å². The molecule has 0 bridgehead atoms. The zero-order valence-corrected chi connectivity index (χ0v) is 13.5. The normalized spacial score (nSPS) is 13.3. The van der Waals surface area contributed by atoms with E-state index in [4.69, 9.17) is 14.0 Å². The average Bonchev–Trinajstić information content (AvgIpc) is 3.25. The van der Waals surface area contributed by atoms with Crippen molar-refractivity contribution in [2.75, 3.05) is 6.79 Å². The molecule has 1 aliphatic rings. The van der Waals surface area contributed by atoms with Gasteiger partial charge in [-0.15, -0.1) is 11.3 Å². The Balaban J connectivity index is 1.82. The first-order valence-electron chi connectivity index (χ1n) is 7.24. The van der Waals surface area contributed by atoms with E-state index in [1.807, 2.05) is 17.5 Å². The molecule has 3 aromatic rings. The molecule has 0 aliphatic carbocycles. The number of nitro groups is 1. The summed E-state index contributed by atoms with van der Waals surface area (Å²) in [6.07, 6.45) is 0. The molecule has 9 nitrogen and oxygen atoms in total. The molecule has 0 spiro atoms. The highest BCUT2D eigenvalue weighted by molar-refractivity contribution is 7.13. The summed E-state index contributed by atoms with van der Waals surface area (Å²) in [5.41, 5.74) is 0.971. The molecule has 128 valence electrons. The highest BCUT2D eigenvalue weighted by Gasteiger charge is 2.23. The highest BCUT2D eigenvalue weighted by Crippen LogP contribution is 2.33. The van der Waals surface area contributed by atoms with Gasteiger partial charge in [-0.25, -0.2) is 4.79 Å². The fourth-order valence-corrected chi connectivity index (χ4v) is 3.38. The molecular formula is C15H11N3O6S. The van der Waals surface area contributed by atoms with Crippen LogP contribution in [0.25, 0.3) is 10.7 Å². The van der Waals surface area contributed by atoms with E-state index in [-0.39, 0.29) is 25.6 Å². The highest BCUT2D eigenvalue weighted by atomic mass is 32.1. The minimum absolute atomic E-state index is 0.0412. The molecule has 0 N–H and O–H groups in total. The molecular weight excluding hydrogens is 350 g/mol. The number of hydrogen-bond donors (Lipinski definition) is 0. The number of ether oxygens (including phenoxy) is 2. The van der Waals surface area contributed by atoms with Crippen molar-refractivity contribution in [2.24, 2.45) is 0 Å². The Kier molecular flexibility index (Phi) is 3.82. The lowest BCUT2D eigenvalue weighted by molar-refractivity contribution is -0.385. The lowest BCUT2D eigenvalue weighted by Crippen LogP contribution is -2.19. The molecule has 3 heterocycles. The van der Waals surface area contributed by atoms with Crippen LogP contribution < -0.4 is 10.5 Å². The van der Waals surface area contributed by atoms with E-state index in [1.165, 1.54) is 28.0 Å². The summed E-state index contributed by atoms with van der Waals surface area (Å²) < 4.78 is 16.8. The zero-order chi connectivity index (χ0) is 17.4. The molecule has 2 aromatic heterocycles. The Bertz CT molecular complexity index is 991. The molecule has 0 unspecified atom stereocenters. The van der Waals surface area contributed by atoms with Crippen LogP contribution in [0.1, 0.15) is 11.1 Å². The molecule has 25 heavy (non-hydrogen) atoms. The Hall–Kier alpha value is -2.98. The lowest BCUT2D eigenvalue weighted by atomic mass is 10.1. The number of fused-ring (bicyclic) bond motifs is 1. The van der Waals surface area contributed by atoms with Gasteiger partial charge in [-0.3, -0.25) is 19.2 Å². The van der Waals surface area contributed by atoms with Gasteiger partial charge in [0.2, 0.25) is 0 Å². The first-order valence-corrected chi connectivity index (χ1v) is 8.12. The first-order chi connectivity index (χ1) is 12.1. The quantitative estimate of drug-likeness (QED) is 0.518. The molecule has 4 rings (SSSR count). The number of hydrogen-bond acceptors (Lipinski definition) is 8. The largest absolute Gasteiger partial charge is 0.467 e. The predicted octanol–water partition coefficient (Wildman–Crippen LogP) is 2.39. The van der Waals surface area contributed by atoms with Crippen LogP contribution >= 0.6 is 11.3 Å². The van der Waals surface area contributed by atoms with Crippen molar-refractivity contribution < 1.29 is 18.9 Å². The Morgan fingerprint density at radius 3 is 3.04 bits per heavy atom. The second-order valence-electron chi connectivity index (χ2n) is 5.30. The van der Waals surface area contributed by atoms with Crippen molar-refractivity contribution in [1.29, 1.82) is 0 Å². The van der Waals surface area contributed by atoms with Gasteiger partial charge in [-0.05, 0) is 11.4 Å². The smallest absolute Gasteiger partial charge is 0.442 e. The van der Waals surface area contributed by atoms with Crippen LogP contribution in [-0.4, -0.2) is 21.4 Å². The van der Waals surface area contributed by atoms with E-state index in [2.05, 4.69) is 5.16 Å². The van der Waals surface area contributed by atoms with Crippen LogP contribution in [0, 0.1) is 10.1 Å². The molecule has 1 aromatic carbocycles. The summed E-state index contributed by atoms with van der Waals surface area (Å²) in [5, 5.41) is 16.9. The summed E-state index contributed by atoms with van der Waals surface area (Å²) in [6.45, 7) is 0.300. The van der Waals surface area contributed by atoms with E-state index in [0.717, 1.165) is 4.88 Å². The Morgan fingerprint density at radius 2 is 2.28 bits per heavy atom. The number of nitro benzene ring substituents is 1. The van der Waals surface area contributed by atoms with Crippen LogP contribution in [0.4, 0.5) is 5.69 Å². The van der Waals surface area contributed by atoms with Crippen molar-refractivity contribution in [1.82, 2.24) is 9.72 Å². The maximum atomic E-state index is 12.1. The van der Waals surface area contributed by atoms with Crippen LogP contribution in [0.2, 0.25) is 0 Å². The monoisotopic (exact) mass is 361 g/mol. The van der Waals surface area contributed by atoms with E-state index in [9.17, 15) is 14.9 Å². The summed E-state index contributed by atoms with van der Waals surface area (Å²) in [6, 6.07) is 6.45. The minimum atomic E-state index is -0.643. The number of nitrogens with zero attached hydrogens (tertiary/aromatic N) is 3. The molecule has 0 saturated carbocycles. The molecule has 10 heteroatoms. The minimum Gasteiger partial charge on any atom is -0.467 e. The number of benzene rings is 1. The topological polar surface area (TPSA) is 110 Å². The number of aromatic nitrogens is 2. The third-order valence-electron chi connectivity index (χ3n) is 3.74. The first kappa shape index (κ1) is 15.5. The number of thiophene rings is 1. The fraction of sp³-hybridized carbons (Fsp3) is 0.200. The van der Waals surface area contributed by atoms with Crippen molar-refractivity contribution >= 4 is 17.0 Å². The van der Waals surface area contributed by atoms with Gasteiger partial charge < -0.3 is 9.47 Å². The summed E-state index contributed by atoms with van der Waals surface area (Å²) >= 11 is 1.41. The van der Waals surface area contributed by atoms with Crippen molar-refractivity contribution in [3.63, 3.8) is 0 Å². The second kappa shape index (κ2) is 6.15. The summed E-state index contributed by atoms with van der Waals surface area (Å²) in [5.74, 6) is 0.213. The number of non-ortho nitro benzene ring substituents is 1. The molecule has 0 radical (unpaired) electrons. The van der Waals surface area contributed by atoms with Crippen LogP contribution in [-0.2, 0) is 17.9 Å². The van der Waals surface area contributed by atoms with Crippen LogP contribution in [0.3, 0.4) is 0 Å². The lowest BCUT2D eigenvalue weighted by Gasteiger charge is -2.20. The SMILES string of the molecule is O=c1onc(-c2cccs2)n1Cc1cc([N+](=O)[O-])cc2c1OCOC2. The molecule has 0 saturated heterocycles. The van der Waals surface area contributed by atoms with E-state index < -0.39 is 10.7 Å². The zero-order valence-electron chi connectivity index (χ0n) is 12.7. The summed E-state index contributed by atoms with van der Waals surface area (Å²) in [4.78, 5) is 23.5. The van der Waals surface area contributed by atoms with Crippen LogP contribution in [0.5, 0.6) is 5.75 Å². The van der Waals surface area contributed by atoms with Gasteiger partial charge in [0.1, 0.15) is 5.75 Å². The van der Waals surface area contributed by atoms with E-state index in [0.29, 0.717) is 22.7 Å². The predicted molar refractivity (Wildman–Crippen MR) is 86.6 cm³/mol. The van der Waals surface area contributed by atoms with Gasteiger partial charge in [-0.1, -0.05) is 11.2 Å². The second-order valence-corrected chi connectivity index (χ2v) is 6.24. The van der Waals surface area contributed by atoms with Crippen molar-refractivity contribution in [2.45, 2.75) is 13.2 Å². The van der Waals surface area contributed by atoms with Crippen LogP contribution in [0.15, 0.2) is 39.0 Å². The molecule has 0 amide bonds. The Labute approximate surface area is 144 Å². The van der Waals surface area contributed by atoms with Crippen molar-refractivity contribution in [3.8, 4) is 16.5 Å². The third kappa shape index (κ3) is 2.81. The van der Waals surface area contributed by atoms with Gasteiger partial charge in [0, 0.05) is 23.3 Å². The van der Waals surface area contributed by atoms with Gasteiger partial charge in [-0.2, -0.15) is 0 Å².